The second-order valence-electron chi connectivity index (χ2n) is 4.64. The van der Waals surface area contributed by atoms with Crippen molar-refractivity contribution >= 4 is 15.9 Å². The van der Waals surface area contributed by atoms with Crippen molar-refractivity contribution in [2.75, 3.05) is 0 Å². The maximum Gasteiger partial charge on any atom is 0.406 e. The number of halogens is 14. The Hall–Kier alpha value is -0.690. The monoisotopic (exact) mass is 452 g/mol. The molecule has 0 spiro atoms. The lowest BCUT2D eigenvalue weighted by atomic mass is 9.78. The fourth-order valence-corrected chi connectivity index (χ4v) is 2.03. The third-order valence-electron chi connectivity index (χ3n) is 2.82. The summed E-state index contributed by atoms with van der Waals surface area (Å²) in [6.07, 6.45) is -27.2. The third-order valence-corrected chi connectivity index (χ3v) is 3.08. The summed E-state index contributed by atoms with van der Waals surface area (Å²) in [5.74, 6) is -12.5. The zero-order valence-electron chi connectivity index (χ0n) is 10.9. The van der Waals surface area contributed by atoms with Gasteiger partial charge in [0.2, 0.25) is 0 Å². The summed E-state index contributed by atoms with van der Waals surface area (Å²) in [5, 5.41) is 0. The minimum atomic E-state index is -6.53. The first-order valence-corrected chi connectivity index (χ1v) is 6.38. The van der Waals surface area contributed by atoms with Crippen molar-refractivity contribution < 1.29 is 57.1 Å². The lowest BCUT2D eigenvalue weighted by Gasteiger charge is -2.39. The van der Waals surface area contributed by atoms with Gasteiger partial charge in [0.15, 0.2) is 5.41 Å². The summed E-state index contributed by atoms with van der Waals surface area (Å²) >= 11 is 1.98. The molecule has 24 heavy (non-hydrogen) atoms. The predicted octanol–water partition coefficient (Wildman–Crippen LogP) is 6.62. The van der Waals surface area contributed by atoms with Gasteiger partial charge in [0, 0.05) is 6.42 Å². The van der Waals surface area contributed by atoms with Crippen LogP contribution in [0.1, 0.15) is 12.8 Å². The Balaban J connectivity index is 6.15. The first kappa shape index (κ1) is 23.3. The molecule has 0 fully saturated rings. The zero-order valence-corrected chi connectivity index (χ0v) is 12.4. The van der Waals surface area contributed by atoms with Crippen LogP contribution in [0.2, 0.25) is 0 Å². The molecule has 0 aromatic rings. The average Bonchev–Trinajstić information content (AvgIpc) is 2.20. The molecule has 0 aromatic carbocycles. The Labute approximate surface area is 133 Å². The van der Waals surface area contributed by atoms with E-state index in [0.717, 1.165) is 0 Å². The van der Waals surface area contributed by atoms with Crippen molar-refractivity contribution in [3.8, 4) is 0 Å². The van der Waals surface area contributed by atoms with E-state index in [4.69, 9.17) is 0 Å². The van der Waals surface area contributed by atoms with Crippen LogP contribution >= 0.6 is 15.9 Å². The van der Waals surface area contributed by atoms with E-state index < -0.39 is 54.7 Å². The highest BCUT2D eigenvalue weighted by molar-refractivity contribution is 9.11. The van der Waals surface area contributed by atoms with E-state index in [1.165, 1.54) is 0 Å². The van der Waals surface area contributed by atoms with Gasteiger partial charge in [0.1, 0.15) is 6.42 Å². The number of allylic oxidation sites excluding steroid dienone is 1. The normalized spacial score (nSPS) is 16.1. The molecule has 14 heteroatoms. The molecule has 0 aliphatic heterocycles. The van der Waals surface area contributed by atoms with Gasteiger partial charge in [-0.1, -0.05) is 22.0 Å². The predicted molar refractivity (Wildman–Crippen MR) is 57.8 cm³/mol. The van der Waals surface area contributed by atoms with Crippen LogP contribution in [-0.4, -0.2) is 30.4 Å². The van der Waals surface area contributed by atoms with E-state index in [-0.39, 0.29) is 4.99 Å². The fourth-order valence-electron chi connectivity index (χ4n) is 1.58. The maximum absolute atomic E-state index is 13.3. The highest BCUT2D eigenvalue weighted by atomic mass is 79.9. The van der Waals surface area contributed by atoms with Gasteiger partial charge in [-0.2, -0.15) is 57.1 Å². The van der Waals surface area contributed by atoms with Gasteiger partial charge in [0.05, 0.1) is 0 Å². The standard InChI is InChI=1S/C10H6BrF13/c11-2-1-5(9(19,20)21,10(22,23)24)3-6(12,13)7(14,15)4-8(16,17)18/h1-2H,3-4H2/b2-1+. The fraction of sp³-hybridized carbons (Fsp3) is 0.800. The smallest absolute Gasteiger partial charge is 0.200 e. The Bertz CT molecular complexity index is 439. The van der Waals surface area contributed by atoms with Gasteiger partial charge in [-0.25, -0.2) is 0 Å². The first-order valence-electron chi connectivity index (χ1n) is 5.46. The Kier molecular flexibility index (Phi) is 6.37. The molecule has 0 heterocycles. The van der Waals surface area contributed by atoms with E-state index in [9.17, 15) is 57.1 Å². The minimum Gasteiger partial charge on any atom is -0.200 e. The molecular weight excluding hydrogens is 447 g/mol. The molecule has 0 aliphatic rings. The van der Waals surface area contributed by atoms with Crippen molar-refractivity contribution in [2.45, 2.75) is 43.2 Å². The Morgan fingerprint density at radius 1 is 0.583 bits per heavy atom. The second kappa shape index (κ2) is 6.56. The molecule has 0 atom stereocenters. The zero-order chi connectivity index (χ0) is 19.8. The highest BCUT2D eigenvalue weighted by Crippen LogP contribution is 2.59. The lowest BCUT2D eigenvalue weighted by Crippen LogP contribution is -2.56. The van der Waals surface area contributed by atoms with Crippen LogP contribution in [0.3, 0.4) is 0 Å². The van der Waals surface area contributed by atoms with Crippen LogP contribution in [0.5, 0.6) is 0 Å². The maximum atomic E-state index is 13.3. The van der Waals surface area contributed by atoms with Crippen molar-refractivity contribution in [1.29, 1.82) is 0 Å². The van der Waals surface area contributed by atoms with Crippen LogP contribution in [0, 0.1) is 5.41 Å². The highest BCUT2D eigenvalue weighted by Gasteiger charge is 2.75. The molecule has 0 nitrogen and oxygen atoms in total. The number of alkyl halides is 13. The largest absolute Gasteiger partial charge is 0.406 e. The summed E-state index contributed by atoms with van der Waals surface area (Å²) < 4.78 is 165. The van der Waals surface area contributed by atoms with Gasteiger partial charge in [-0.3, -0.25) is 0 Å². The number of hydrogen-bond acceptors (Lipinski definition) is 0. The quantitative estimate of drug-likeness (QED) is 0.411. The van der Waals surface area contributed by atoms with E-state index in [0.29, 0.717) is 0 Å². The Morgan fingerprint density at radius 2 is 0.917 bits per heavy atom. The van der Waals surface area contributed by atoms with Crippen LogP contribution in [-0.2, 0) is 0 Å². The number of hydrogen-bond donors (Lipinski definition) is 0. The van der Waals surface area contributed by atoms with Gasteiger partial charge >= 0.3 is 30.4 Å². The van der Waals surface area contributed by atoms with Crippen molar-refractivity contribution in [2.24, 2.45) is 5.41 Å². The molecule has 0 saturated heterocycles. The minimum absolute atomic E-state index is 0.147. The van der Waals surface area contributed by atoms with Crippen molar-refractivity contribution in [3.63, 3.8) is 0 Å². The molecule has 0 aromatic heterocycles. The summed E-state index contributed by atoms with van der Waals surface area (Å²) in [6.45, 7) is 0. The van der Waals surface area contributed by atoms with E-state index in [1.54, 1.807) is 0 Å². The van der Waals surface area contributed by atoms with E-state index in [1.807, 2.05) is 15.9 Å². The summed E-state index contributed by atoms with van der Waals surface area (Å²) in [7, 11) is 0. The molecular formula is C10H6BrF13. The van der Waals surface area contributed by atoms with E-state index in [2.05, 4.69) is 0 Å². The average molecular weight is 453 g/mol. The molecule has 0 rings (SSSR count). The van der Waals surface area contributed by atoms with Crippen molar-refractivity contribution in [3.05, 3.63) is 11.1 Å². The van der Waals surface area contributed by atoms with Crippen LogP contribution in [0.25, 0.3) is 0 Å². The van der Waals surface area contributed by atoms with Gasteiger partial charge in [0.25, 0.3) is 0 Å². The molecule has 0 amide bonds. The van der Waals surface area contributed by atoms with Gasteiger partial charge in [-0.05, 0) is 4.99 Å². The Morgan fingerprint density at radius 3 is 1.17 bits per heavy atom. The van der Waals surface area contributed by atoms with Gasteiger partial charge in [-0.15, -0.1) is 0 Å². The van der Waals surface area contributed by atoms with Gasteiger partial charge < -0.3 is 0 Å². The second-order valence-corrected chi connectivity index (χ2v) is 5.17. The SMILES string of the molecule is FC(F)(F)CC(F)(F)C(F)(F)CC(/C=C/Br)(C(F)(F)F)C(F)(F)F. The molecule has 0 bridgehead atoms. The molecule has 0 aliphatic carbocycles. The topological polar surface area (TPSA) is 0 Å². The third kappa shape index (κ3) is 4.91. The summed E-state index contributed by atoms with van der Waals surface area (Å²) in [6, 6.07) is 0. The van der Waals surface area contributed by atoms with Crippen molar-refractivity contribution in [1.82, 2.24) is 0 Å². The van der Waals surface area contributed by atoms with Crippen LogP contribution < -0.4 is 0 Å². The van der Waals surface area contributed by atoms with Crippen LogP contribution in [0.4, 0.5) is 57.1 Å². The lowest BCUT2D eigenvalue weighted by molar-refractivity contribution is -0.352. The van der Waals surface area contributed by atoms with E-state index >= 15 is 0 Å². The molecule has 0 N–H and O–H groups in total. The molecule has 144 valence electrons. The summed E-state index contributed by atoms with van der Waals surface area (Å²) in [5.41, 5.74) is -5.48. The molecule has 0 saturated carbocycles. The first-order chi connectivity index (χ1) is 10.2. The molecule has 0 unspecified atom stereocenters. The number of rotatable bonds is 5. The molecule has 0 radical (unpaired) electrons. The van der Waals surface area contributed by atoms with Crippen LogP contribution in [0.15, 0.2) is 11.1 Å². The summed E-state index contributed by atoms with van der Waals surface area (Å²) in [4.78, 5) is -0.147.